The number of carbonyl (C=O) groups is 2. The molecular formula is C23H26N2O3. The van der Waals surface area contributed by atoms with Gasteiger partial charge in [-0.15, -0.1) is 0 Å². The highest BCUT2D eigenvalue weighted by Gasteiger charge is 2.35. The van der Waals surface area contributed by atoms with Crippen molar-refractivity contribution in [3.8, 4) is 5.75 Å². The van der Waals surface area contributed by atoms with Gasteiger partial charge in [0.05, 0.1) is 23.9 Å². The molecule has 2 aromatic carbocycles. The quantitative estimate of drug-likeness (QED) is 0.330. The summed E-state index contributed by atoms with van der Waals surface area (Å²) in [5.74, 6) is 0.0259. The summed E-state index contributed by atoms with van der Waals surface area (Å²) in [6.45, 7) is 2.94. The van der Waals surface area contributed by atoms with Crippen molar-refractivity contribution >= 4 is 18.0 Å². The number of ether oxygens (including phenoxy) is 1. The Morgan fingerprint density at radius 1 is 0.857 bits per heavy atom. The van der Waals surface area contributed by atoms with Crippen LogP contribution in [0.1, 0.15) is 71.7 Å². The van der Waals surface area contributed by atoms with Crippen molar-refractivity contribution in [3.63, 3.8) is 0 Å². The molecule has 1 aliphatic heterocycles. The van der Waals surface area contributed by atoms with E-state index in [9.17, 15) is 9.59 Å². The van der Waals surface area contributed by atoms with Crippen LogP contribution in [0.4, 0.5) is 0 Å². The molecule has 0 aliphatic carbocycles. The van der Waals surface area contributed by atoms with E-state index in [4.69, 9.17) is 4.74 Å². The number of amides is 2. The molecule has 0 unspecified atom stereocenters. The molecule has 2 amide bonds. The number of hydrazone groups is 1. The average molecular weight is 378 g/mol. The van der Waals surface area contributed by atoms with Crippen molar-refractivity contribution in [1.82, 2.24) is 5.01 Å². The van der Waals surface area contributed by atoms with Gasteiger partial charge >= 0.3 is 0 Å². The zero-order valence-corrected chi connectivity index (χ0v) is 16.3. The summed E-state index contributed by atoms with van der Waals surface area (Å²) in [7, 11) is 0. The molecule has 0 spiro atoms. The van der Waals surface area contributed by atoms with Gasteiger partial charge in [-0.1, -0.05) is 51.2 Å². The Balaban J connectivity index is 1.48. The van der Waals surface area contributed by atoms with Gasteiger partial charge in [0, 0.05) is 0 Å². The van der Waals surface area contributed by atoms with Crippen molar-refractivity contribution in [2.45, 2.75) is 45.4 Å². The van der Waals surface area contributed by atoms with E-state index in [1.165, 1.54) is 38.3 Å². The Labute approximate surface area is 166 Å². The van der Waals surface area contributed by atoms with E-state index >= 15 is 0 Å². The molecule has 0 N–H and O–H groups in total. The summed E-state index contributed by atoms with van der Waals surface area (Å²) in [5.41, 5.74) is 1.58. The van der Waals surface area contributed by atoms with E-state index in [1.54, 1.807) is 24.3 Å². The number of hydrogen-bond acceptors (Lipinski definition) is 4. The molecule has 0 radical (unpaired) electrons. The van der Waals surface area contributed by atoms with E-state index in [0.29, 0.717) is 17.7 Å². The molecule has 0 bridgehead atoms. The fraction of sp³-hybridized carbons (Fsp3) is 0.348. The Morgan fingerprint density at radius 2 is 1.46 bits per heavy atom. The molecule has 0 saturated heterocycles. The first-order valence-electron chi connectivity index (χ1n) is 9.95. The van der Waals surface area contributed by atoms with Gasteiger partial charge in [0.15, 0.2) is 0 Å². The van der Waals surface area contributed by atoms with Crippen LogP contribution in [0.5, 0.6) is 5.75 Å². The fourth-order valence-corrected chi connectivity index (χ4v) is 3.13. The van der Waals surface area contributed by atoms with Gasteiger partial charge < -0.3 is 4.74 Å². The number of fused-ring (bicyclic) bond motifs is 1. The van der Waals surface area contributed by atoms with Gasteiger partial charge in [0.2, 0.25) is 0 Å². The summed E-state index contributed by atoms with van der Waals surface area (Å²) in [6, 6.07) is 14.2. The minimum absolute atomic E-state index is 0.392. The highest BCUT2D eigenvalue weighted by Crippen LogP contribution is 2.22. The summed E-state index contributed by atoms with van der Waals surface area (Å²) >= 11 is 0. The van der Waals surface area contributed by atoms with Gasteiger partial charge in [-0.05, 0) is 48.4 Å². The second-order valence-corrected chi connectivity index (χ2v) is 6.90. The molecule has 146 valence electrons. The standard InChI is InChI=1S/C23H26N2O3/c1-2-3-4-5-6-9-16-28-19-14-12-18(13-15-19)17-24-25-22(26)20-10-7-8-11-21(20)23(25)27/h7-8,10-15,17H,2-6,9,16H2,1H3/b24-17+. The van der Waals surface area contributed by atoms with Crippen LogP contribution in [0.3, 0.4) is 0 Å². The van der Waals surface area contributed by atoms with Crippen LogP contribution in [-0.4, -0.2) is 29.6 Å². The molecule has 0 atom stereocenters. The number of nitrogens with zero attached hydrogens (tertiary/aromatic N) is 2. The van der Waals surface area contributed by atoms with Crippen LogP contribution >= 0.6 is 0 Å². The van der Waals surface area contributed by atoms with Crippen molar-refractivity contribution in [2.24, 2.45) is 5.10 Å². The van der Waals surface area contributed by atoms with Crippen molar-refractivity contribution < 1.29 is 14.3 Å². The van der Waals surface area contributed by atoms with Crippen LogP contribution < -0.4 is 4.74 Å². The summed E-state index contributed by atoms with van der Waals surface area (Å²) < 4.78 is 5.76. The maximum atomic E-state index is 12.3. The predicted molar refractivity (Wildman–Crippen MR) is 110 cm³/mol. The van der Waals surface area contributed by atoms with Crippen LogP contribution in [0.15, 0.2) is 53.6 Å². The maximum Gasteiger partial charge on any atom is 0.282 e. The lowest BCUT2D eigenvalue weighted by atomic mass is 10.1. The monoisotopic (exact) mass is 378 g/mol. The van der Waals surface area contributed by atoms with Gasteiger partial charge in [0.25, 0.3) is 11.8 Å². The smallest absolute Gasteiger partial charge is 0.282 e. The molecule has 1 heterocycles. The highest BCUT2D eigenvalue weighted by molar-refractivity contribution is 6.21. The Bertz CT molecular complexity index is 808. The molecule has 3 rings (SSSR count). The average Bonchev–Trinajstić information content (AvgIpc) is 2.97. The predicted octanol–water partition coefficient (Wildman–Crippen LogP) is 5.06. The zero-order valence-electron chi connectivity index (χ0n) is 16.3. The summed E-state index contributed by atoms with van der Waals surface area (Å²) in [4.78, 5) is 24.6. The Hall–Kier alpha value is -2.95. The normalized spacial score (nSPS) is 13.4. The molecule has 28 heavy (non-hydrogen) atoms. The van der Waals surface area contributed by atoms with Crippen LogP contribution in [0.25, 0.3) is 0 Å². The molecule has 0 fully saturated rings. The number of carbonyl (C=O) groups excluding carboxylic acids is 2. The topological polar surface area (TPSA) is 59.0 Å². The number of unbranched alkanes of at least 4 members (excludes halogenated alkanes) is 5. The fourth-order valence-electron chi connectivity index (χ4n) is 3.13. The largest absolute Gasteiger partial charge is 0.494 e. The summed E-state index contributed by atoms with van der Waals surface area (Å²) in [6.07, 6.45) is 8.92. The van der Waals surface area contributed by atoms with Gasteiger partial charge in [-0.2, -0.15) is 10.1 Å². The molecule has 1 aliphatic rings. The van der Waals surface area contributed by atoms with Gasteiger partial charge in [-0.3, -0.25) is 9.59 Å². The molecular weight excluding hydrogens is 352 g/mol. The van der Waals surface area contributed by atoms with Crippen LogP contribution in [-0.2, 0) is 0 Å². The number of hydrogen-bond donors (Lipinski definition) is 0. The van der Waals surface area contributed by atoms with E-state index in [1.807, 2.05) is 24.3 Å². The van der Waals surface area contributed by atoms with Crippen molar-refractivity contribution in [3.05, 3.63) is 65.2 Å². The van der Waals surface area contributed by atoms with Gasteiger partial charge in [-0.25, -0.2) is 0 Å². The van der Waals surface area contributed by atoms with E-state index in [2.05, 4.69) is 12.0 Å². The molecule has 2 aromatic rings. The van der Waals surface area contributed by atoms with E-state index in [-0.39, 0.29) is 0 Å². The van der Waals surface area contributed by atoms with Crippen molar-refractivity contribution in [2.75, 3.05) is 6.61 Å². The second-order valence-electron chi connectivity index (χ2n) is 6.90. The number of imide groups is 1. The van der Waals surface area contributed by atoms with E-state index in [0.717, 1.165) is 22.7 Å². The van der Waals surface area contributed by atoms with Crippen molar-refractivity contribution in [1.29, 1.82) is 0 Å². The Kier molecular flexibility index (Phi) is 6.95. The first kappa shape index (κ1) is 19.8. The lowest BCUT2D eigenvalue weighted by Crippen LogP contribution is -2.23. The zero-order chi connectivity index (χ0) is 19.8. The molecule has 0 aromatic heterocycles. The van der Waals surface area contributed by atoms with Crippen LogP contribution in [0.2, 0.25) is 0 Å². The Morgan fingerprint density at radius 3 is 2.11 bits per heavy atom. The highest BCUT2D eigenvalue weighted by atomic mass is 16.5. The molecule has 0 saturated carbocycles. The van der Waals surface area contributed by atoms with Crippen LogP contribution in [0, 0.1) is 0 Å². The third-order valence-corrected chi connectivity index (χ3v) is 4.74. The lowest BCUT2D eigenvalue weighted by molar-refractivity contribution is 0.0660. The molecule has 5 nitrogen and oxygen atoms in total. The third kappa shape index (κ3) is 4.85. The van der Waals surface area contributed by atoms with Gasteiger partial charge in [0.1, 0.15) is 5.75 Å². The second kappa shape index (κ2) is 9.83. The first-order chi connectivity index (χ1) is 13.7. The first-order valence-corrected chi connectivity index (χ1v) is 9.95. The summed E-state index contributed by atoms with van der Waals surface area (Å²) in [5, 5.41) is 4.99. The lowest BCUT2D eigenvalue weighted by Gasteiger charge is -2.07. The van der Waals surface area contributed by atoms with E-state index < -0.39 is 11.8 Å². The maximum absolute atomic E-state index is 12.3. The number of benzene rings is 2. The SMILES string of the molecule is CCCCCCCCOc1ccc(/C=N/N2C(=O)c3ccccc3C2=O)cc1. The number of rotatable bonds is 10. The minimum Gasteiger partial charge on any atom is -0.494 e. The third-order valence-electron chi connectivity index (χ3n) is 4.74. The molecule has 5 heteroatoms. The minimum atomic E-state index is -0.393.